The normalized spacial score (nSPS) is 19.8. The van der Waals surface area contributed by atoms with Gasteiger partial charge in [-0.25, -0.2) is 0 Å². The molecule has 9 heteroatoms. The zero-order valence-electron chi connectivity index (χ0n) is 15.1. The summed E-state index contributed by atoms with van der Waals surface area (Å²) < 4.78 is 0. The molecule has 2 aromatic rings. The van der Waals surface area contributed by atoms with Crippen LogP contribution in [0.1, 0.15) is 30.6 Å². The van der Waals surface area contributed by atoms with E-state index in [0.717, 1.165) is 5.56 Å². The minimum atomic E-state index is -0.541. The Labute approximate surface area is 151 Å². The molecule has 1 aromatic heterocycles. The predicted molar refractivity (Wildman–Crippen MR) is 94.9 cm³/mol. The van der Waals surface area contributed by atoms with E-state index < -0.39 is 6.04 Å². The fourth-order valence-corrected chi connectivity index (χ4v) is 3.05. The summed E-state index contributed by atoms with van der Waals surface area (Å²) in [5.41, 5.74) is 7.26. The van der Waals surface area contributed by atoms with Gasteiger partial charge in [0.2, 0.25) is 11.7 Å². The number of likely N-dealkylation sites (tertiary alicyclic amines) is 1. The predicted octanol–water partition coefficient (Wildman–Crippen LogP) is -0.0565. The Morgan fingerprint density at radius 2 is 1.96 bits per heavy atom. The Bertz CT molecular complexity index is 800. The van der Waals surface area contributed by atoms with E-state index in [9.17, 15) is 9.59 Å². The zero-order chi connectivity index (χ0) is 18.8. The fraction of sp³-hybridized carbons (Fsp3) is 0.471. The van der Waals surface area contributed by atoms with E-state index in [1.54, 1.807) is 36.2 Å². The number of aromatic nitrogens is 4. The summed E-state index contributed by atoms with van der Waals surface area (Å²) in [6.45, 7) is 4.14. The molecule has 1 fully saturated rings. The van der Waals surface area contributed by atoms with Crippen LogP contribution in [0.3, 0.4) is 0 Å². The SMILES string of the molecule is CC(C)NC(=O)[C@@H]1C[C@H](N)CN1C(=O)c1ccc(-c2nnn(C)n2)cc1. The first-order chi connectivity index (χ1) is 12.3. The second kappa shape index (κ2) is 7.20. The smallest absolute Gasteiger partial charge is 0.254 e. The molecule has 2 amide bonds. The Morgan fingerprint density at radius 1 is 1.27 bits per heavy atom. The van der Waals surface area contributed by atoms with Crippen LogP contribution < -0.4 is 11.1 Å². The first kappa shape index (κ1) is 18.0. The number of carbonyl (C=O) groups excluding carboxylic acids is 2. The molecule has 9 nitrogen and oxygen atoms in total. The van der Waals surface area contributed by atoms with Crippen LogP contribution in [-0.2, 0) is 11.8 Å². The number of rotatable bonds is 4. The largest absolute Gasteiger partial charge is 0.352 e. The topological polar surface area (TPSA) is 119 Å². The van der Waals surface area contributed by atoms with Crippen LogP contribution in [0.15, 0.2) is 24.3 Å². The number of nitrogens with zero attached hydrogens (tertiary/aromatic N) is 5. The summed E-state index contributed by atoms with van der Waals surface area (Å²) in [6, 6.07) is 6.21. The van der Waals surface area contributed by atoms with Gasteiger partial charge >= 0.3 is 0 Å². The van der Waals surface area contributed by atoms with E-state index in [0.29, 0.717) is 24.4 Å². The maximum Gasteiger partial charge on any atom is 0.254 e. The molecule has 0 aliphatic carbocycles. The highest BCUT2D eigenvalue weighted by atomic mass is 16.2. The molecule has 0 bridgehead atoms. The van der Waals surface area contributed by atoms with Crippen molar-refractivity contribution in [1.82, 2.24) is 30.4 Å². The Hall–Kier alpha value is -2.81. The first-order valence-electron chi connectivity index (χ1n) is 8.56. The average molecular weight is 357 g/mol. The maximum absolute atomic E-state index is 12.9. The third-order valence-corrected chi connectivity index (χ3v) is 4.23. The van der Waals surface area contributed by atoms with Crippen LogP contribution in [0.2, 0.25) is 0 Å². The average Bonchev–Trinajstić information content (AvgIpc) is 3.20. The molecule has 138 valence electrons. The number of carbonyl (C=O) groups is 2. The number of aryl methyl sites for hydroxylation is 1. The zero-order valence-corrected chi connectivity index (χ0v) is 15.1. The van der Waals surface area contributed by atoms with Crippen LogP contribution in [0.4, 0.5) is 0 Å². The van der Waals surface area contributed by atoms with Gasteiger partial charge in [0, 0.05) is 29.8 Å². The Kier molecular flexibility index (Phi) is 4.99. The van der Waals surface area contributed by atoms with Gasteiger partial charge in [-0.05, 0) is 37.6 Å². The van der Waals surface area contributed by atoms with Gasteiger partial charge in [-0.1, -0.05) is 12.1 Å². The van der Waals surface area contributed by atoms with Crippen LogP contribution in [0, 0.1) is 0 Å². The van der Waals surface area contributed by atoms with E-state index in [2.05, 4.69) is 20.7 Å². The van der Waals surface area contributed by atoms with Crippen molar-refractivity contribution in [1.29, 1.82) is 0 Å². The third kappa shape index (κ3) is 3.72. The molecule has 2 atom stereocenters. The molecule has 3 N–H and O–H groups in total. The molecule has 0 unspecified atom stereocenters. The quantitative estimate of drug-likeness (QED) is 0.791. The van der Waals surface area contributed by atoms with Crippen molar-refractivity contribution in [3.05, 3.63) is 29.8 Å². The molecule has 2 heterocycles. The van der Waals surface area contributed by atoms with Crippen molar-refractivity contribution in [2.45, 2.75) is 38.4 Å². The van der Waals surface area contributed by atoms with Gasteiger partial charge in [0.1, 0.15) is 6.04 Å². The molecule has 0 spiro atoms. The van der Waals surface area contributed by atoms with Gasteiger partial charge in [-0.3, -0.25) is 9.59 Å². The number of tetrazole rings is 1. The number of nitrogens with one attached hydrogen (secondary N) is 1. The standard InChI is InChI=1S/C17H23N7O2/c1-10(2)19-16(25)14-8-13(18)9-24(14)17(26)12-6-4-11(5-7-12)15-20-22-23(3)21-15/h4-7,10,13-14H,8-9,18H2,1-3H3,(H,19,25)/t13-,14-/m0/s1. The Morgan fingerprint density at radius 3 is 2.54 bits per heavy atom. The highest BCUT2D eigenvalue weighted by Gasteiger charge is 2.38. The fourth-order valence-electron chi connectivity index (χ4n) is 3.05. The highest BCUT2D eigenvalue weighted by molar-refractivity contribution is 5.98. The van der Waals surface area contributed by atoms with Crippen molar-refractivity contribution < 1.29 is 9.59 Å². The number of amides is 2. The van der Waals surface area contributed by atoms with Gasteiger partial charge in [0.25, 0.3) is 5.91 Å². The van der Waals surface area contributed by atoms with Gasteiger partial charge in [0.15, 0.2) is 0 Å². The lowest BCUT2D eigenvalue weighted by Crippen LogP contribution is -2.47. The molecular formula is C17H23N7O2. The van der Waals surface area contributed by atoms with E-state index in [-0.39, 0.29) is 23.9 Å². The van der Waals surface area contributed by atoms with Gasteiger partial charge in [-0.2, -0.15) is 4.80 Å². The second-order valence-electron chi connectivity index (χ2n) is 6.81. The van der Waals surface area contributed by atoms with Crippen molar-refractivity contribution in [2.24, 2.45) is 12.8 Å². The van der Waals surface area contributed by atoms with Crippen LogP contribution >= 0.6 is 0 Å². The molecule has 1 aromatic carbocycles. The molecule has 3 rings (SSSR count). The van der Waals surface area contributed by atoms with E-state index >= 15 is 0 Å². The first-order valence-corrected chi connectivity index (χ1v) is 8.56. The lowest BCUT2D eigenvalue weighted by atomic mass is 10.1. The van der Waals surface area contributed by atoms with Crippen LogP contribution in [0.25, 0.3) is 11.4 Å². The summed E-state index contributed by atoms with van der Waals surface area (Å²) in [4.78, 5) is 28.2. The lowest BCUT2D eigenvalue weighted by molar-refractivity contribution is -0.125. The minimum Gasteiger partial charge on any atom is -0.352 e. The molecule has 1 aliphatic heterocycles. The Balaban J connectivity index is 1.77. The van der Waals surface area contributed by atoms with Gasteiger partial charge in [-0.15, -0.1) is 10.2 Å². The number of nitrogens with two attached hydrogens (primary N) is 1. The summed E-state index contributed by atoms with van der Waals surface area (Å²) >= 11 is 0. The molecule has 1 aliphatic rings. The third-order valence-electron chi connectivity index (χ3n) is 4.23. The molecular weight excluding hydrogens is 334 g/mol. The lowest BCUT2D eigenvalue weighted by Gasteiger charge is -2.24. The number of benzene rings is 1. The number of hydrogen-bond donors (Lipinski definition) is 2. The monoisotopic (exact) mass is 357 g/mol. The van der Waals surface area contributed by atoms with Gasteiger partial charge < -0.3 is 16.0 Å². The summed E-state index contributed by atoms with van der Waals surface area (Å²) in [7, 11) is 1.69. The van der Waals surface area contributed by atoms with Crippen molar-refractivity contribution in [3.8, 4) is 11.4 Å². The second-order valence-corrected chi connectivity index (χ2v) is 6.81. The van der Waals surface area contributed by atoms with E-state index in [1.165, 1.54) is 4.80 Å². The van der Waals surface area contributed by atoms with Gasteiger partial charge in [0.05, 0.1) is 7.05 Å². The van der Waals surface area contributed by atoms with Crippen LogP contribution in [0.5, 0.6) is 0 Å². The van der Waals surface area contributed by atoms with Crippen molar-refractivity contribution >= 4 is 11.8 Å². The molecule has 26 heavy (non-hydrogen) atoms. The highest BCUT2D eigenvalue weighted by Crippen LogP contribution is 2.22. The maximum atomic E-state index is 12.9. The summed E-state index contributed by atoms with van der Waals surface area (Å²) in [6.07, 6.45) is 0.464. The molecule has 1 saturated heterocycles. The summed E-state index contributed by atoms with van der Waals surface area (Å²) in [5.74, 6) is 0.117. The summed E-state index contributed by atoms with van der Waals surface area (Å²) in [5, 5.41) is 14.7. The number of hydrogen-bond acceptors (Lipinski definition) is 6. The van der Waals surface area contributed by atoms with Crippen molar-refractivity contribution in [3.63, 3.8) is 0 Å². The van der Waals surface area contributed by atoms with E-state index in [1.807, 2.05) is 13.8 Å². The molecule has 0 saturated carbocycles. The minimum absolute atomic E-state index is 0.00930. The molecule has 0 radical (unpaired) electrons. The van der Waals surface area contributed by atoms with Crippen molar-refractivity contribution in [2.75, 3.05) is 6.54 Å². The van der Waals surface area contributed by atoms with Crippen LogP contribution in [-0.4, -0.2) is 61.6 Å². The van der Waals surface area contributed by atoms with E-state index in [4.69, 9.17) is 5.73 Å².